The number of sulfonamides is 1. The summed E-state index contributed by atoms with van der Waals surface area (Å²) in [4.78, 5) is 0.194. The van der Waals surface area contributed by atoms with Crippen molar-refractivity contribution in [3.05, 3.63) is 18.2 Å². The minimum Gasteiger partial charge on any atom is -0.495 e. The van der Waals surface area contributed by atoms with Crippen molar-refractivity contribution in [1.29, 1.82) is 0 Å². The summed E-state index contributed by atoms with van der Waals surface area (Å²) < 4.78 is 32.8. The Kier molecular flexibility index (Phi) is 4.78. The zero-order valence-electron chi connectivity index (χ0n) is 12.8. The molecule has 0 heterocycles. The van der Waals surface area contributed by atoms with E-state index in [2.05, 4.69) is 18.6 Å². The van der Waals surface area contributed by atoms with E-state index in [1.165, 1.54) is 19.2 Å². The lowest BCUT2D eigenvalue weighted by Gasteiger charge is -2.32. The van der Waals surface area contributed by atoms with Gasteiger partial charge in [-0.15, -0.1) is 0 Å². The second-order valence-electron chi connectivity index (χ2n) is 5.99. The van der Waals surface area contributed by atoms with Crippen molar-refractivity contribution >= 4 is 15.7 Å². The largest absolute Gasteiger partial charge is 0.495 e. The van der Waals surface area contributed by atoms with Crippen LogP contribution in [0.1, 0.15) is 33.1 Å². The van der Waals surface area contributed by atoms with Gasteiger partial charge >= 0.3 is 0 Å². The average molecular weight is 312 g/mol. The fourth-order valence-electron chi connectivity index (χ4n) is 2.80. The normalized spacial score (nSPS) is 26.5. The Morgan fingerprint density at radius 2 is 1.95 bits per heavy atom. The Hall–Kier alpha value is -1.27. The Balaban J connectivity index is 2.15. The molecule has 21 heavy (non-hydrogen) atoms. The monoisotopic (exact) mass is 312 g/mol. The van der Waals surface area contributed by atoms with E-state index < -0.39 is 10.0 Å². The van der Waals surface area contributed by atoms with Crippen molar-refractivity contribution in [2.24, 2.45) is 11.8 Å². The van der Waals surface area contributed by atoms with Gasteiger partial charge in [-0.2, -0.15) is 0 Å². The first-order valence-electron chi connectivity index (χ1n) is 7.29. The van der Waals surface area contributed by atoms with Gasteiger partial charge in [0.1, 0.15) is 5.75 Å². The zero-order chi connectivity index (χ0) is 15.6. The molecule has 0 aliphatic heterocycles. The highest BCUT2D eigenvalue weighted by Gasteiger charge is 2.28. The van der Waals surface area contributed by atoms with Gasteiger partial charge in [0.15, 0.2) is 0 Å². The van der Waals surface area contributed by atoms with Crippen LogP contribution in [0.15, 0.2) is 23.1 Å². The van der Waals surface area contributed by atoms with Crippen LogP contribution in [0.3, 0.4) is 0 Å². The van der Waals surface area contributed by atoms with E-state index in [1.807, 2.05) is 0 Å². The second kappa shape index (κ2) is 6.23. The van der Waals surface area contributed by atoms with Crippen LogP contribution in [0.25, 0.3) is 0 Å². The maximum absolute atomic E-state index is 12.5. The van der Waals surface area contributed by atoms with Gasteiger partial charge in [0.2, 0.25) is 10.0 Å². The fourth-order valence-corrected chi connectivity index (χ4v) is 4.10. The molecule has 0 bridgehead atoms. The fraction of sp³-hybridized carbons (Fsp3) is 0.600. The van der Waals surface area contributed by atoms with E-state index >= 15 is 0 Å². The number of hydrogen-bond donors (Lipinski definition) is 2. The summed E-state index contributed by atoms with van der Waals surface area (Å²) in [6.07, 6.45) is 2.82. The lowest BCUT2D eigenvalue weighted by molar-refractivity contribution is 0.242. The number of ether oxygens (including phenoxy) is 1. The van der Waals surface area contributed by atoms with Gasteiger partial charge in [-0.1, -0.05) is 13.8 Å². The number of hydrogen-bond acceptors (Lipinski definition) is 4. The lowest BCUT2D eigenvalue weighted by atomic mass is 9.79. The average Bonchev–Trinajstić information content (AvgIpc) is 2.43. The number of benzene rings is 1. The molecule has 0 saturated heterocycles. The Morgan fingerprint density at radius 3 is 2.57 bits per heavy atom. The van der Waals surface area contributed by atoms with Crippen LogP contribution in [-0.4, -0.2) is 21.6 Å². The standard InChI is InChI=1S/C15H24N2O3S/c1-10-4-5-12(8-11(10)2)17-21(18,19)13-6-7-14(16)15(9-13)20-3/h6-7,9-12,17H,4-5,8,16H2,1-3H3. The van der Waals surface area contributed by atoms with Gasteiger partial charge in [0.05, 0.1) is 17.7 Å². The Labute approximate surface area is 126 Å². The first-order chi connectivity index (χ1) is 9.83. The molecule has 0 amide bonds. The van der Waals surface area contributed by atoms with Gasteiger partial charge in [-0.25, -0.2) is 13.1 Å². The predicted molar refractivity (Wildman–Crippen MR) is 83.7 cm³/mol. The lowest BCUT2D eigenvalue weighted by Crippen LogP contribution is -2.39. The van der Waals surface area contributed by atoms with Gasteiger partial charge in [0.25, 0.3) is 0 Å². The maximum Gasteiger partial charge on any atom is 0.240 e. The van der Waals surface area contributed by atoms with Crippen LogP contribution in [0.5, 0.6) is 5.75 Å². The highest BCUT2D eigenvalue weighted by Crippen LogP contribution is 2.31. The molecule has 3 atom stereocenters. The SMILES string of the molecule is COc1cc(S(=O)(=O)NC2CCC(C)C(C)C2)ccc1N. The summed E-state index contributed by atoms with van der Waals surface area (Å²) >= 11 is 0. The molecule has 2 rings (SSSR count). The molecule has 3 unspecified atom stereocenters. The third kappa shape index (κ3) is 3.68. The molecule has 5 nitrogen and oxygen atoms in total. The summed E-state index contributed by atoms with van der Waals surface area (Å²) in [7, 11) is -2.06. The van der Waals surface area contributed by atoms with Crippen LogP contribution in [0.4, 0.5) is 5.69 Å². The number of methoxy groups -OCH3 is 1. The van der Waals surface area contributed by atoms with Crippen molar-refractivity contribution < 1.29 is 13.2 Å². The smallest absolute Gasteiger partial charge is 0.240 e. The van der Waals surface area contributed by atoms with E-state index in [-0.39, 0.29) is 10.9 Å². The summed E-state index contributed by atoms with van der Waals surface area (Å²) in [6.45, 7) is 4.40. The molecule has 1 aliphatic carbocycles. The number of anilines is 1. The van der Waals surface area contributed by atoms with Gasteiger partial charge < -0.3 is 10.5 Å². The van der Waals surface area contributed by atoms with Crippen molar-refractivity contribution in [1.82, 2.24) is 4.72 Å². The van der Waals surface area contributed by atoms with Crippen LogP contribution in [0, 0.1) is 11.8 Å². The molecule has 0 aromatic heterocycles. The maximum atomic E-state index is 12.5. The topological polar surface area (TPSA) is 81.4 Å². The van der Waals surface area contributed by atoms with Crippen LogP contribution < -0.4 is 15.2 Å². The Morgan fingerprint density at radius 1 is 1.24 bits per heavy atom. The zero-order valence-corrected chi connectivity index (χ0v) is 13.6. The van der Waals surface area contributed by atoms with E-state index in [0.29, 0.717) is 23.3 Å². The molecule has 1 fully saturated rings. The summed E-state index contributed by atoms with van der Waals surface area (Å²) in [5.74, 6) is 1.57. The molecule has 3 N–H and O–H groups in total. The van der Waals surface area contributed by atoms with Gasteiger partial charge in [-0.05, 0) is 43.2 Å². The molecule has 118 valence electrons. The summed E-state index contributed by atoms with van der Waals surface area (Å²) in [5.41, 5.74) is 6.15. The van der Waals surface area contributed by atoms with Gasteiger partial charge in [-0.3, -0.25) is 0 Å². The van der Waals surface area contributed by atoms with Gasteiger partial charge in [0, 0.05) is 12.1 Å². The number of nitrogens with one attached hydrogen (secondary N) is 1. The molecule has 0 spiro atoms. The van der Waals surface area contributed by atoms with Crippen LogP contribution in [0.2, 0.25) is 0 Å². The van der Waals surface area contributed by atoms with Crippen LogP contribution >= 0.6 is 0 Å². The molecular formula is C15H24N2O3S. The van der Waals surface area contributed by atoms with Crippen molar-refractivity contribution in [2.45, 2.75) is 44.0 Å². The van der Waals surface area contributed by atoms with E-state index in [0.717, 1.165) is 19.3 Å². The first-order valence-corrected chi connectivity index (χ1v) is 8.77. The van der Waals surface area contributed by atoms with E-state index in [4.69, 9.17) is 10.5 Å². The molecule has 6 heteroatoms. The highest BCUT2D eigenvalue weighted by molar-refractivity contribution is 7.89. The van der Waals surface area contributed by atoms with Crippen molar-refractivity contribution in [3.8, 4) is 5.75 Å². The molecule has 1 saturated carbocycles. The number of nitrogen functional groups attached to an aromatic ring is 1. The van der Waals surface area contributed by atoms with Crippen molar-refractivity contribution in [3.63, 3.8) is 0 Å². The quantitative estimate of drug-likeness (QED) is 0.836. The summed E-state index contributed by atoms with van der Waals surface area (Å²) in [6, 6.07) is 4.53. The molecule has 1 aliphatic rings. The Bertz CT molecular complexity index is 601. The first kappa shape index (κ1) is 16.1. The molecular weight excluding hydrogens is 288 g/mol. The van der Waals surface area contributed by atoms with E-state index in [9.17, 15) is 8.42 Å². The third-order valence-electron chi connectivity index (χ3n) is 4.44. The highest BCUT2D eigenvalue weighted by atomic mass is 32.2. The minimum atomic E-state index is -3.54. The minimum absolute atomic E-state index is 0.00440. The van der Waals surface area contributed by atoms with E-state index in [1.54, 1.807) is 6.07 Å². The number of rotatable bonds is 4. The molecule has 0 radical (unpaired) electrons. The van der Waals surface area contributed by atoms with Crippen LogP contribution in [-0.2, 0) is 10.0 Å². The molecule has 1 aromatic carbocycles. The predicted octanol–water partition coefficient (Wildman–Crippen LogP) is 2.38. The number of nitrogens with two attached hydrogens (primary N) is 1. The third-order valence-corrected chi connectivity index (χ3v) is 5.95. The second-order valence-corrected chi connectivity index (χ2v) is 7.70. The molecule has 1 aromatic rings. The van der Waals surface area contributed by atoms with Crippen molar-refractivity contribution in [2.75, 3.05) is 12.8 Å². The summed E-state index contributed by atoms with van der Waals surface area (Å²) in [5, 5.41) is 0.